The van der Waals surface area contributed by atoms with E-state index in [0.717, 1.165) is 5.56 Å². The summed E-state index contributed by atoms with van der Waals surface area (Å²) in [7, 11) is -3.51. The van der Waals surface area contributed by atoms with Crippen molar-refractivity contribution in [3.8, 4) is 40.4 Å². The van der Waals surface area contributed by atoms with Gasteiger partial charge in [-0.3, -0.25) is 4.98 Å². The minimum atomic E-state index is -3.51. The molecule has 0 radical (unpaired) electrons. The molecule has 9 heteroatoms. The lowest BCUT2D eigenvalue weighted by atomic mass is 10.1. The summed E-state index contributed by atoms with van der Waals surface area (Å²) in [6.07, 6.45) is 1.53. The molecule has 0 fully saturated rings. The van der Waals surface area contributed by atoms with Crippen molar-refractivity contribution in [3.05, 3.63) is 66.0 Å². The van der Waals surface area contributed by atoms with Crippen LogP contribution in [0.5, 0.6) is 0 Å². The van der Waals surface area contributed by atoms with Crippen LogP contribution < -0.4 is 0 Å². The smallest absolute Gasteiger partial charge is 0.268 e. The van der Waals surface area contributed by atoms with Gasteiger partial charge in [0.1, 0.15) is 5.69 Å². The monoisotopic (exact) mass is 445 g/mol. The van der Waals surface area contributed by atoms with Crippen molar-refractivity contribution in [1.82, 2.24) is 20.2 Å². The number of benzene rings is 2. The maximum Gasteiger partial charge on any atom is 0.268 e. The lowest BCUT2D eigenvalue weighted by Crippen LogP contribution is -2.14. The molecule has 160 valence electrons. The molecular weight excluding hydrogens is 426 g/mol. The van der Waals surface area contributed by atoms with E-state index in [4.69, 9.17) is 4.42 Å². The molecule has 2 heterocycles. The Morgan fingerprint density at radius 1 is 1.03 bits per heavy atom. The van der Waals surface area contributed by atoms with E-state index in [2.05, 4.69) is 26.2 Å². The van der Waals surface area contributed by atoms with Gasteiger partial charge in [0.05, 0.1) is 39.4 Å². The first-order chi connectivity index (χ1) is 15.3. The molecule has 4 rings (SSSR count). The van der Waals surface area contributed by atoms with Crippen molar-refractivity contribution in [2.75, 3.05) is 0 Å². The van der Waals surface area contributed by atoms with Gasteiger partial charge in [0.2, 0.25) is 5.89 Å². The predicted octanol–water partition coefficient (Wildman–Crippen LogP) is 4.22. The second kappa shape index (κ2) is 8.32. The van der Waals surface area contributed by atoms with E-state index >= 15 is 0 Å². The third-order valence-electron chi connectivity index (χ3n) is 4.94. The molecule has 0 amide bonds. The predicted molar refractivity (Wildman–Crippen MR) is 118 cm³/mol. The molecule has 4 aromatic rings. The second-order valence-electron chi connectivity index (χ2n) is 7.38. The quantitative estimate of drug-likeness (QED) is 0.447. The standard InChI is InChI=1S/C23H19N5O3S/c1-14(2)32(29,30)18-9-10-19(17(11-18)12-24)20-13-25-15(3)21(26-20)23-28-27-22(31-23)16-7-5-4-6-8-16/h4-11,13-14H,1-3H3. The number of aryl methyl sites for hydroxylation is 1. The topological polar surface area (TPSA) is 123 Å². The Bertz CT molecular complexity index is 1440. The van der Waals surface area contributed by atoms with E-state index < -0.39 is 15.1 Å². The highest BCUT2D eigenvalue weighted by atomic mass is 32.2. The van der Waals surface area contributed by atoms with Crippen LogP contribution in [0, 0.1) is 18.3 Å². The molecule has 0 aliphatic rings. The van der Waals surface area contributed by atoms with Crippen molar-refractivity contribution in [1.29, 1.82) is 5.26 Å². The van der Waals surface area contributed by atoms with Gasteiger partial charge in [-0.1, -0.05) is 24.3 Å². The van der Waals surface area contributed by atoms with Crippen LogP contribution in [-0.2, 0) is 9.84 Å². The van der Waals surface area contributed by atoms with Gasteiger partial charge < -0.3 is 4.42 Å². The number of nitrogens with zero attached hydrogens (tertiary/aromatic N) is 5. The van der Waals surface area contributed by atoms with Crippen LogP contribution in [0.4, 0.5) is 0 Å². The summed E-state index contributed by atoms with van der Waals surface area (Å²) >= 11 is 0. The minimum Gasteiger partial charge on any atom is -0.415 e. The summed E-state index contributed by atoms with van der Waals surface area (Å²) in [6, 6.07) is 15.8. The highest BCUT2D eigenvalue weighted by molar-refractivity contribution is 7.92. The second-order valence-corrected chi connectivity index (χ2v) is 9.88. The van der Waals surface area contributed by atoms with Gasteiger partial charge in [-0.2, -0.15) is 5.26 Å². The van der Waals surface area contributed by atoms with Gasteiger partial charge in [-0.25, -0.2) is 13.4 Å². The van der Waals surface area contributed by atoms with E-state index in [1.54, 1.807) is 26.8 Å². The number of hydrogen-bond donors (Lipinski definition) is 0. The fourth-order valence-electron chi connectivity index (χ4n) is 3.09. The normalized spacial score (nSPS) is 11.5. The fourth-order valence-corrected chi connectivity index (χ4v) is 4.17. The summed E-state index contributed by atoms with van der Waals surface area (Å²) in [5.41, 5.74) is 2.80. The van der Waals surface area contributed by atoms with E-state index in [1.165, 1.54) is 18.3 Å². The van der Waals surface area contributed by atoms with Gasteiger partial charge in [-0.15, -0.1) is 10.2 Å². The molecule has 0 atom stereocenters. The Hall–Kier alpha value is -3.90. The van der Waals surface area contributed by atoms with Crippen molar-refractivity contribution in [2.45, 2.75) is 30.9 Å². The summed E-state index contributed by atoms with van der Waals surface area (Å²) in [5.74, 6) is 0.557. The Kier molecular flexibility index (Phi) is 5.55. The molecule has 0 saturated heterocycles. The number of sulfone groups is 1. The van der Waals surface area contributed by atoms with Crippen LogP contribution in [0.3, 0.4) is 0 Å². The molecule has 8 nitrogen and oxygen atoms in total. The maximum atomic E-state index is 12.5. The fraction of sp³-hybridized carbons (Fsp3) is 0.174. The molecular formula is C23H19N5O3S. The van der Waals surface area contributed by atoms with Crippen LogP contribution in [0.1, 0.15) is 25.1 Å². The zero-order chi connectivity index (χ0) is 22.9. The van der Waals surface area contributed by atoms with Crippen molar-refractivity contribution < 1.29 is 12.8 Å². The van der Waals surface area contributed by atoms with Crippen molar-refractivity contribution in [3.63, 3.8) is 0 Å². The summed E-state index contributed by atoms with van der Waals surface area (Å²) < 4.78 is 30.8. The molecule has 0 unspecified atom stereocenters. The lowest BCUT2D eigenvalue weighted by Gasteiger charge is -2.11. The highest BCUT2D eigenvalue weighted by Crippen LogP contribution is 2.29. The average Bonchev–Trinajstić information content (AvgIpc) is 3.29. The Balaban J connectivity index is 1.77. The van der Waals surface area contributed by atoms with Crippen LogP contribution >= 0.6 is 0 Å². The van der Waals surface area contributed by atoms with Gasteiger partial charge in [0.15, 0.2) is 9.84 Å². The number of nitriles is 1. The number of aromatic nitrogens is 4. The Morgan fingerprint density at radius 3 is 2.44 bits per heavy atom. The zero-order valence-electron chi connectivity index (χ0n) is 17.6. The summed E-state index contributed by atoms with van der Waals surface area (Å²) in [4.78, 5) is 9.06. The Morgan fingerprint density at radius 2 is 1.75 bits per heavy atom. The van der Waals surface area contributed by atoms with Crippen molar-refractivity contribution >= 4 is 9.84 Å². The van der Waals surface area contributed by atoms with Crippen molar-refractivity contribution in [2.24, 2.45) is 0 Å². The summed E-state index contributed by atoms with van der Waals surface area (Å²) in [6.45, 7) is 4.96. The summed E-state index contributed by atoms with van der Waals surface area (Å²) in [5, 5.41) is 17.2. The van der Waals surface area contributed by atoms with E-state index in [9.17, 15) is 13.7 Å². The average molecular weight is 446 g/mol. The van der Waals surface area contributed by atoms with Crippen LogP contribution in [0.2, 0.25) is 0 Å². The van der Waals surface area contributed by atoms with Gasteiger partial charge >= 0.3 is 0 Å². The third kappa shape index (κ3) is 3.88. The zero-order valence-corrected chi connectivity index (χ0v) is 18.5. The molecule has 0 aliphatic heterocycles. The van der Waals surface area contributed by atoms with Gasteiger partial charge in [-0.05, 0) is 45.0 Å². The van der Waals surface area contributed by atoms with E-state index in [1.807, 2.05) is 30.3 Å². The molecule has 0 spiro atoms. The van der Waals surface area contributed by atoms with E-state index in [0.29, 0.717) is 28.5 Å². The van der Waals surface area contributed by atoms with Crippen LogP contribution in [0.15, 0.2) is 64.0 Å². The third-order valence-corrected chi connectivity index (χ3v) is 7.09. The Labute approximate surface area is 185 Å². The van der Waals surface area contributed by atoms with Crippen LogP contribution in [0.25, 0.3) is 34.3 Å². The van der Waals surface area contributed by atoms with E-state index in [-0.39, 0.29) is 16.3 Å². The first-order valence-corrected chi connectivity index (χ1v) is 11.4. The molecule has 2 aromatic carbocycles. The molecule has 32 heavy (non-hydrogen) atoms. The molecule has 2 aromatic heterocycles. The molecule has 0 saturated carbocycles. The first-order valence-electron chi connectivity index (χ1n) is 9.82. The maximum absolute atomic E-state index is 12.5. The highest BCUT2D eigenvalue weighted by Gasteiger charge is 2.22. The van der Waals surface area contributed by atoms with Gasteiger partial charge in [0.25, 0.3) is 5.89 Å². The van der Waals surface area contributed by atoms with Gasteiger partial charge in [0, 0.05) is 11.1 Å². The molecule has 0 aliphatic carbocycles. The lowest BCUT2D eigenvalue weighted by molar-refractivity contribution is 0.581. The SMILES string of the molecule is Cc1ncc(-c2ccc(S(=O)(=O)C(C)C)cc2C#N)nc1-c1nnc(-c2ccccc2)o1. The number of hydrogen-bond acceptors (Lipinski definition) is 8. The molecule has 0 N–H and O–H groups in total. The largest absolute Gasteiger partial charge is 0.415 e. The van der Waals surface area contributed by atoms with Crippen LogP contribution in [-0.4, -0.2) is 33.8 Å². The first kappa shape index (κ1) is 21.3. The minimum absolute atomic E-state index is 0.0949. The molecule has 0 bridgehead atoms. The number of rotatable bonds is 5.